The molecular weight excluding hydrogens is 412 g/mol. The first-order valence-corrected chi connectivity index (χ1v) is 12.4. The molecule has 0 N–H and O–H groups in total. The topological polar surface area (TPSA) is 74.8 Å². The lowest BCUT2D eigenvalue weighted by Crippen LogP contribution is -2.43. The van der Waals surface area contributed by atoms with Crippen LogP contribution in [0.3, 0.4) is 0 Å². The minimum absolute atomic E-state index is 0.0609. The van der Waals surface area contributed by atoms with Crippen molar-refractivity contribution in [1.82, 2.24) is 4.90 Å². The summed E-state index contributed by atoms with van der Waals surface area (Å²) in [4.78, 5) is 29.6. The van der Waals surface area contributed by atoms with Gasteiger partial charge in [-0.05, 0) is 62.1 Å². The number of aryl methyl sites for hydroxylation is 2. The number of sulfone groups is 1. The number of carbonyl (C=O) groups excluding carboxylic acids is 2. The summed E-state index contributed by atoms with van der Waals surface area (Å²) in [5.41, 5.74) is 3.07. The molecule has 2 amide bonds. The molecule has 4 rings (SSSR count). The van der Waals surface area contributed by atoms with Crippen molar-refractivity contribution in [2.45, 2.75) is 44.0 Å². The van der Waals surface area contributed by atoms with Gasteiger partial charge in [0.25, 0.3) is 0 Å². The molecule has 2 saturated heterocycles. The zero-order valence-electron chi connectivity index (χ0n) is 18.0. The summed E-state index contributed by atoms with van der Waals surface area (Å²) in [6.45, 7) is 4.91. The number of nitrogens with zero attached hydrogens (tertiary/aromatic N) is 2. The maximum absolute atomic E-state index is 13.3. The molecule has 2 fully saturated rings. The van der Waals surface area contributed by atoms with Gasteiger partial charge in [0.05, 0.1) is 16.6 Å². The first-order chi connectivity index (χ1) is 14.8. The second-order valence-corrected chi connectivity index (χ2v) is 10.6. The van der Waals surface area contributed by atoms with E-state index in [1.54, 1.807) is 40.1 Å². The van der Waals surface area contributed by atoms with Gasteiger partial charge in [-0.15, -0.1) is 0 Å². The van der Waals surface area contributed by atoms with Crippen LogP contribution in [0, 0.1) is 19.8 Å². The van der Waals surface area contributed by atoms with Crippen molar-refractivity contribution < 1.29 is 18.0 Å². The molecule has 164 valence electrons. The van der Waals surface area contributed by atoms with E-state index in [2.05, 4.69) is 0 Å². The summed E-state index contributed by atoms with van der Waals surface area (Å²) in [7, 11) is -3.48. The van der Waals surface area contributed by atoms with Crippen LogP contribution in [0.2, 0.25) is 0 Å². The summed E-state index contributed by atoms with van der Waals surface area (Å²) in [6, 6.07) is 13.9. The Labute approximate surface area is 183 Å². The molecule has 6 nitrogen and oxygen atoms in total. The Balaban J connectivity index is 1.47. The van der Waals surface area contributed by atoms with Crippen molar-refractivity contribution in [1.29, 1.82) is 0 Å². The molecule has 31 heavy (non-hydrogen) atoms. The van der Waals surface area contributed by atoms with Gasteiger partial charge in [-0.3, -0.25) is 9.59 Å². The Morgan fingerprint density at radius 2 is 1.81 bits per heavy atom. The average molecular weight is 441 g/mol. The molecule has 2 aliphatic rings. The van der Waals surface area contributed by atoms with E-state index in [0.29, 0.717) is 19.5 Å². The van der Waals surface area contributed by atoms with Gasteiger partial charge in [-0.25, -0.2) is 8.42 Å². The van der Waals surface area contributed by atoms with Gasteiger partial charge in [0.2, 0.25) is 11.8 Å². The molecule has 2 unspecified atom stereocenters. The third-order valence-electron chi connectivity index (χ3n) is 6.45. The number of carbonyl (C=O) groups is 2. The zero-order chi connectivity index (χ0) is 22.2. The van der Waals surface area contributed by atoms with Gasteiger partial charge < -0.3 is 9.80 Å². The molecule has 2 aromatic carbocycles. The lowest BCUT2D eigenvalue weighted by atomic mass is 10.1. The number of likely N-dealkylation sites (tertiary alicyclic amines) is 1. The standard InChI is InChI=1S/C24H28N2O4S/c1-17-10-11-20(13-18(17)2)26-15-19(14-23(26)27)24(28)25-12-6-7-21(25)16-31(29,30)22-8-4-3-5-9-22/h3-5,8-11,13,19,21H,6-7,12,14-16H2,1-2H3. The van der Waals surface area contributed by atoms with Crippen LogP contribution in [0.5, 0.6) is 0 Å². The summed E-state index contributed by atoms with van der Waals surface area (Å²) < 4.78 is 25.7. The first kappa shape index (κ1) is 21.6. The van der Waals surface area contributed by atoms with Crippen LogP contribution in [-0.2, 0) is 19.4 Å². The minimum Gasteiger partial charge on any atom is -0.338 e. The van der Waals surface area contributed by atoms with E-state index >= 15 is 0 Å². The largest absolute Gasteiger partial charge is 0.338 e. The van der Waals surface area contributed by atoms with Gasteiger partial charge in [0.1, 0.15) is 0 Å². The minimum atomic E-state index is -3.48. The highest BCUT2D eigenvalue weighted by Gasteiger charge is 2.41. The smallest absolute Gasteiger partial charge is 0.228 e. The Morgan fingerprint density at radius 3 is 2.52 bits per heavy atom. The van der Waals surface area contributed by atoms with Crippen molar-refractivity contribution >= 4 is 27.3 Å². The van der Waals surface area contributed by atoms with Gasteiger partial charge in [0, 0.05) is 31.2 Å². The van der Waals surface area contributed by atoms with E-state index in [-0.39, 0.29) is 34.9 Å². The van der Waals surface area contributed by atoms with Gasteiger partial charge >= 0.3 is 0 Å². The maximum atomic E-state index is 13.3. The second-order valence-electron chi connectivity index (χ2n) is 8.60. The highest BCUT2D eigenvalue weighted by atomic mass is 32.2. The van der Waals surface area contributed by atoms with Crippen LogP contribution in [0.4, 0.5) is 5.69 Å². The van der Waals surface area contributed by atoms with Gasteiger partial charge in [-0.2, -0.15) is 0 Å². The highest BCUT2D eigenvalue weighted by molar-refractivity contribution is 7.91. The molecule has 2 atom stereocenters. The number of rotatable bonds is 5. The average Bonchev–Trinajstić information content (AvgIpc) is 3.36. The van der Waals surface area contributed by atoms with E-state index in [1.807, 2.05) is 32.0 Å². The van der Waals surface area contributed by atoms with Crippen molar-refractivity contribution in [3.8, 4) is 0 Å². The number of hydrogen-bond acceptors (Lipinski definition) is 4. The normalized spacial score (nSPS) is 21.7. The third kappa shape index (κ3) is 4.37. The van der Waals surface area contributed by atoms with Gasteiger partial charge in [-0.1, -0.05) is 24.3 Å². The van der Waals surface area contributed by atoms with Crippen molar-refractivity contribution in [2.75, 3.05) is 23.7 Å². The van der Waals surface area contributed by atoms with E-state index in [0.717, 1.165) is 23.2 Å². The molecule has 0 aromatic heterocycles. The molecular formula is C24H28N2O4S. The van der Waals surface area contributed by atoms with Crippen LogP contribution in [-0.4, -0.2) is 50.0 Å². The van der Waals surface area contributed by atoms with Crippen LogP contribution in [0.1, 0.15) is 30.4 Å². The fraction of sp³-hybridized carbons (Fsp3) is 0.417. The van der Waals surface area contributed by atoms with Crippen LogP contribution in [0.25, 0.3) is 0 Å². The lowest BCUT2D eigenvalue weighted by Gasteiger charge is -2.27. The summed E-state index contributed by atoms with van der Waals surface area (Å²) in [5.74, 6) is -0.682. The Hall–Kier alpha value is -2.67. The zero-order valence-corrected chi connectivity index (χ0v) is 18.8. The molecule has 0 radical (unpaired) electrons. The van der Waals surface area contributed by atoms with E-state index < -0.39 is 15.8 Å². The summed E-state index contributed by atoms with van der Waals surface area (Å²) >= 11 is 0. The van der Waals surface area contributed by atoms with Crippen LogP contribution >= 0.6 is 0 Å². The Bertz CT molecular complexity index is 1100. The van der Waals surface area contributed by atoms with Gasteiger partial charge in [0.15, 0.2) is 9.84 Å². The van der Waals surface area contributed by atoms with E-state index in [1.165, 1.54) is 0 Å². The number of amides is 2. The molecule has 0 aliphatic carbocycles. The lowest BCUT2D eigenvalue weighted by molar-refractivity contribution is -0.136. The molecule has 0 bridgehead atoms. The molecule has 0 spiro atoms. The fourth-order valence-corrected chi connectivity index (χ4v) is 6.14. The summed E-state index contributed by atoms with van der Waals surface area (Å²) in [6.07, 6.45) is 1.61. The van der Waals surface area contributed by atoms with E-state index in [4.69, 9.17) is 0 Å². The molecule has 2 heterocycles. The fourth-order valence-electron chi connectivity index (χ4n) is 4.53. The van der Waals surface area contributed by atoms with Crippen molar-refractivity contribution in [2.24, 2.45) is 5.92 Å². The maximum Gasteiger partial charge on any atom is 0.228 e. The molecule has 7 heteroatoms. The predicted molar refractivity (Wildman–Crippen MR) is 120 cm³/mol. The SMILES string of the molecule is Cc1ccc(N2CC(C(=O)N3CCCC3CS(=O)(=O)c3ccccc3)CC2=O)cc1C. The van der Waals surface area contributed by atoms with Crippen LogP contribution in [0.15, 0.2) is 53.4 Å². The third-order valence-corrected chi connectivity index (χ3v) is 8.26. The summed E-state index contributed by atoms with van der Waals surface area (Å²) in [5, 5.41) is 0. The number of benzene rings is 2. The predicted octanol–water partition coefficient (Wildman–Crippen LogP) is 3.12. The van der Waals surface area contributed by atoms with Crippen LogP contribution < -0.4 is 4.90 Å². The van der Waals surface area contributed by atoms with E-state index in [9.17, 15) is 18.0 Å². The number of anilines is 1. The molecule has 2 aliphatic heterocycles. The Morgan fingerprint density at radius 1 is 1.06 bits per heavy atom. The molecule has 2 aromatic rings. The molecule has 0 saturated carbocycles. The monoisotopic (exact) mass is 440 g/mol. The highest BCUT2D eigenvalue weighted by Crippen LogP contribution is 2.30. The Kier molecular flexibility index (Phi) is 5.88. The second kappa shape index (κ2) is 8.46. The van der Waals surface area contributed by atoms with Crippen molar-refractivity contribution in [3.05, 3.63) is 59.7 Å². The first-order valence-electron chi connectivity index (χ1n) is 10.7. The number of hydrogen-bond donors (Lipinski definition) is 0. The van der Waals surface area contributed by atoms with Crippen molar-refractivity contribution in [3.63, 3.8) is 0 Å². The quantitative estimate of drug-likeness (QED) is 0.716.